The Labute approximate surface area is 96.8 Å². The second kappa shape index (κ2) is 3.96. The third-order valence-electron chi connectivity index (χ3n) is 4.18. The first-order valence-electron chi connectivity index (χ1n) is 6.29. The summed E-state index contributed by atoms with van der Waals surface area (Å²) in [7, 11) is -3.03. The standard InChI is InChI=1S/C11H19NO3S/c13-16(14)6-2-1-3-10(12-16)9-7-8-4-5-11(9)15-8/h8-12H,1-7H2. The summed E-state index contributed by atoms with van der Waals surface area (Å²) in [6.07, 6.45) is 6.86. The van der Waals surface area contributed by atoms with Crippen molar-refractivity contribution in [2.24, 2.45) is 5.92 Å². The first-order chi connectivity index (χ1) is 7.64. The van der Waals surface area contributed by atoms with Gasteiger partial charge in [0.2, 0.25) is 10.0 Å². The second-order valence-electron chi connectivity index (χ2n) is 5.31. The van der Waals surface area contributed by atoms with Gasteiger partial charge in [-0.2, -0.15) is 0 Å². The van der Waals surface area contributed by atoms with Crippen molar-refractivity contribution in [1.82, 2.24) is 4.72 Å². The first kappa shape index (κ1) is 11.0. The van der Waals surface area contributed by atoms with Crippen LogP contribution < -0.4 is 4.72 Å². The van der Waals surface area contributed by atoms with Crippen LogP contribution in [-0.2, 0) is 14.8 Å². The maximum atomic E-state index is 11.7. The van der Waals surface area contributed by atoms with E-state index in [-0.39, 0.29) is 6.04 Å². The minimum atomic E-state index is -3.03. The Morgan fingerprint density at radius 1 is 1.12 bits per heavy atom. The lowest BCUT2D eigenvalue weighted by molar-refractivity contribution is 0.0868. The van der Waals surface area contributed by atoms with Gasteiger partial charge < -0.3 is 4.74 Å². The van der Waals surface area contributed by atoms with Crippen molar-refractivity contribution in [2.45, 2.75) is 56.8 Å². The van der Waals surface area contributed by atoms with Crippen molar-refractivity contribution in [1.29, 1.82) is 0 Å². The van der Waals surface area contributed by atoms with Gasteiger partial charge in [-0.05, 0) is 32.1 Å². The molecule has 3 fully saturated rings. The van der Waals surface area contributed by atoms with Gasteiger partial charge >= 0.3 is 0 Å². The molecule has 3 aliphatic heterocycles. The topological polar surface area (TPSA) is 55.4 Å². The molecule has 3 aliphatic rings. The van der Waals surface area contributed by atoms with Gasteiger partial charge in [-0.25, -0.2) is 13.1 Å². The van der Waals surface area contributed by atoms with Crippen molar-refractivity contribution in [3.05, 3.63) is 0 Å². The summed E-state index contributed by atoms with van der Waals surface area (Å²) < 4.78 is 32.1. The van der Waals surface area contributed by atoms with Gasteiger partial charge in [0.1, 0.15) is 0 Å². The predicted molar refractivity (Wildman–Crippen MR) is 60.6 cm³/mol. The highest BCUT2D eigenvalue weighted by Gasteiger charge is 2.45. The zero-order valence-electron chi connectivity index (χ0n) is 9.39. The maximum absolute atomic E-state index is 11.7. The molecule has 0 radical (unpaired) electrons. The van der Waals surface area contributed by atoms with E-state index in [1.807, 2.05) is 0 Å². The highest BCUT2D eigenvalue weighted by molar-refractivity contribution is 7.89. The van der Waals surface area contributed by atoms with E-state index < -0.39 is 10.0 Å². The molecule has 2 bridgehead atoms. The largest absolute Gasteiger partial charge is 0.375 e. The highest BCUT2D eigenvalue weighted by Crippen LogP contribution is 2.41. The van der Waals surface area contributed by atoms with Crippen molar-refractivity contribution in [2.75, 3.05) is 5.75 Å². The zero-order valence-corrected chi connectivity index (χ0v) is 10.2. The van der Waals surface area contributed by atoms with Crippen LogP contribution in [0, 0.1) is 5.92 Å². The van der Waals surface area contributed by atoms with Crippen LogP contribution in [0.25, 0.3) is 0 Å². The van der Waals surface area contributed by atoms with Gasteiger partial charge in [0.05, 0.1) is 18.0 Å². The van der Waals surface area contributed by atoms with Crippen molar-refractivity contribution >= 4 is 10.0 Å². The minimum Gasteiger partial charge on any atom is -0.375 e. The average molecular weight is 245 g/mol. The Morgan fingerprint density at radius 2 is 2.00 bits per heavy atom. The van der Waals surface area contributed by atoms with Crippen LogP contribution in [-0.4, -0.2) is 32.4 Å². The molecule has 0 aromatic rings. The number of hydrogen-bond acceptors (Lipinski definition) is 3. The normalized spacial score (nSPS) is 46.8. The second-order valence-corrected chi connectivity index (χ2v) is 7.19. The fraction of sp³-hybridized carbons (Fsp3) is 1.00. The number of sulfonamides is 1. The molecule has 0 aromatic carbocycles. The number of fused-ring (bicyclic) bond motifs is 2. The van der Waals surface area contributed by atoms with Gasteiger partial charge in [-0.3, -0.25) is 0 Å². The molecular formula is C11H19NO3S. The van der Waals surface area contributed by atoms with E-state index in [9.17, 15) is 8.42 Å². The molecule has 3 heterocycles. The van der Waals surface area contributed by atoms with Crippen LogP contribution in [0.15, 0.2) is 0 Å². The van der Waals surface area contributed by atoms with Crippen LogP contribution in [0.5, 0.6) is 0 Å². The lowest BCUT2D eigenvalue weighted by Gasteiger charge is -2.27. The molecule has 0 saturated carbocycles. The molecule has 1 N–H and O–H groups in total. The van der Waals surface area contributed by atoms with Gasteiger partial charge in [0, 0.05) is 12.0 Å². The first-order valence-corrected chi connectivity index (χ1v) is 7.95. The summed E-state index contributed by atoms with van der Waals surface area (Å²) in [4.78, 5) is 0. The smallest absolute Gasteiger partial charge is 0.211 e. The van der Waals surface area contributed by atoms with E-state index in [2.05, 4.69) is 4.72 Å². The van der Waals surface area contributed by atoms with Crippen LogP contribution >= 0.6 is 0 Å². The molecule has 0 aromatic heterocycles. The van der Waals surface area contributed by atoms with E-state index in [4.69, 9.17) is 4.74 Å². The number of hydrogen-bond donors (Lipinski definition) is 1. The van der Waals surface area contributed by atoms with Gasteiger partial charge in [-0.1, -0.05) is 6.42 Å². The fourth-order valence-corrected chi connectivity index (χ4v) is 4.86. The van der Waals surface area contributed by atoms with Crippen LogP contribution in [0.4, 0.5) is 0 Å². The summed E-state index contributed by atoms with van der Waals surface area (Å²) in [5.41, 5.74) is 0. The summed E-state index contributed by atoms with van der Waals surface area (Å²) in [6, 6.07) is 0.128. The van der Waals surface area contributed by atoms with Gasteiger partial charge in [0.15, 0.2) is 0 Å². The molecule has 16 heavy (non-hydrogen) atoms. The number of ether oxygens (including phenoxy) is 1. The molecule has 3 saturated heterocycles. The Kier molecular flexibility index (Phi) is 2.72. The third kappa shape index (κ3) is 2.00. The van der Waals surface area contributed by atoms with Crippen LogP contribution in [0.3, 0.4) is 0 Å². The summed E-state index contributed by atoms with van der Waals surface area (Å²) in [5.74, 6) is 0.720. The van der Waals surface area contributed by atoms with Crippen molar-refractivity contribution in [3.8, 4) is 0 Å². The zero-order chi connectivity index (χ0) is 11.2. The average Bonchev–Trinajstić information content (AvgIpc) is 2.79. The Balaban J connectivity index is 1.74. The minimum absolute atomic E-state index is 0.128. The van der Waals surface area contributed by atoms with Gasteiger partial charge in [0.25, 0.3) is 0 Å². The summed E-state index contributed by atoms with van der Waals surface area (Å²) in [6.45, 7) is 0. The van der Waals surface area contributed by atoms with E-state index >= 15 is 0 Å². The highest BCUT2D eigenvalue weighted by atomic mass is 32.2. The van der Waals surface area contributed by atoms with E-state index in [1.165, 1.54) is 6.42 Å². The molecule has 4 atom stereocenters. The van der Waals surface area contributed by atoms with E-state index in [1.54, 1.807) is 0 Å². The molecule has 0 aliphatic carbocycles. The summed E-state index contributed by atoms with van der Waals surface area (Å²) in [5, 5.41) is 0. The van der Waals surface area contributed by atoms with Crippen LogP contribution in [0.2, 0.25) is 0 Å². The molecule has 0 spiro atoms. The molecular weight excluding hydrogens is 226 g/mol. The Morgan fingerprint density at radius 3 is 2.69 bits per heavy atom. The molecule has 4 unspecified atom stereocenters. The molecule has 0 amide bonds. The maximum Gasteiger partial charge on any atom is 0.211 e. The Bertz CT molecular complexity index is 367. The molecule has 92 valence electrons. The molecule has 5 heteroatoms. The van der Waals surface area contributed by atoms with E-state index in [0.717, 1.165) is 32.1 Å². The Hall–Kier alpha value is -0.130. The van der Waals surface area contributed by atoms with Crippen molar-refractivity contribution < 1.29 is 13.2 Å². The van der Waals surface area contributed by atoms with E-state index in [0.29, 0.717) is 23.9 Å². The van der Waals surface area contributed by atoms with Crippen LogP contribution in [0.1, 0.15) is 38.5 Å². The summed E-state index contributed by atoms with van der Waals surface area (Å²) >= 11 is 0. The number of rotatable bonds is 1. The SMILES string of the molecule is O=S1(=O)CCCCC(C2CC3CCC2O3)N1. The monoisotopic (exact) mass is 245 g/mol. The number of nitrogens with one attached hydrogen (secondary N) is 1. The lowest BCUT2D eigenvalue weighted by Crippen LogP contribution is -2.43. The fourth-order valence-electron chi connectivity index (χ4n) is 3.41. The quantitative estimate of drug-likeness (QED) is 0.750. The third-order valence-corrected chi connectivity index (χ3v) is 5.67. The predicted octanol–water partition coefficient (Wildman–Crippen LogP) is 1.03. The lowest BCUT2D eigenvalue weighted by atomic mass is 9.82. The van der Waals surface area contributed by atoms with Crippen molar-refractivity contribution in [3.63, 3.8) is 0 Å². The molecule has 4 nitrogen and oxygen atoms in total. The van der Waals surface area contributed by atoms with Gasteiger partial charge in [-0.15, -0.1) is 0 Å². The molecule has 3 rings (SSSR count).